The average molecular weight is 336 g/mol. The maximum absolute atomic E-state index is 12.3. The molecule has 22 heavy (non-hydrogen) atoms. The van der Waals surface area contributed by atoms with Gasteiger partial charge in [0.2, 0.25) is 0 Å². The average Bonchev–Trinajstić information content (AvgIpc) is 3.18. The molecule has 116 valence electrons. The van der Waals surface area contributed by atoms with Crippen molar-refractivity contribution in [3.63, 3.8) is 0 Å². The number of nitrogens with zero attached hydrogens (tertiary/aromatic N) is 2. The smallest absolute Gasteiger partial charge is 0.262 e. The fourth-order valence-corrected chi connectivity index (χ4v) is 3.80. The van der Waals surface area contributed by atoms with Gasteiger partial charge in [-0.25, -0.2) is 12.8 Å². The summed E-state index contributed by atoms with van der Waals surface area (Å²) in [6.07, 6.45) is 3.37. The Balaban J connectivity index is 1.72. The number of hydrogen-bond acceptors (Lipinski definition) is 6. The highest BCUT2D eigenvalue weighted by molar-refractivity contribution is 7.90. The van der Waals surface area contributed by atoms with E-state index in [1.807, 2.05) is 11.4 Å². The predicted molar refractivity (Wildman–Crippen MR) is 87.7 cm³/mol. The molecule has 3 rings (SSSR count). The van der Waals surface area contributed by atoms with Gasteiger partial charge in [-0.2, -0.15) is 0 Å². The van der Waals surface area contributed by atoms with Crippen molar-refractivity contribution >= 4 is 33.1 Å². The monoisotopic (exact) mass is 336 g/mol. The SMILES string of the molecule is O=S(=O)(NC1=NCCC1)c1cccc(NCc2cnsc2)c1. The third kappa shape index (κ3) is 3.63. The molecule has 0 fully saturated rings. The lowest BCUT2D eigenvalue weighted by Crippen LogP contribution is -2.29. The molecular weight excluding hydrogens is 320 g/mol. The Morgan fingerprint density at radius 3 is 2.95 bits per heavy atom. The molecule has 2 heterocycles. The molecule has 1 aliphatic heterocycles. The zero-order valence-electron chi connectivity index (χ0n) is 11.8. The van der Waals surface area contributed by atoms with Gasteiger partial charge in [0, 0.05) is 42.3 Å². The molecule has 0 saturated heterocycles. The maximum atomic E-state index is 12.3. The standard InChI is InChI=1S/C14H16N4O2S2/c19-22(20,18-14-5-2-6-15-14)13-4-1-3-12(7-13)16-8-11-9-17-21-10-11/h1,3-4,7,9-10,16H,2,5-6,8H2,(H,15,18). The highest BCUT2D eigenvalue weighted by Gasteiger charge is 2.18. The van der Waals surface area contributed by atoms with E-state index < -0.39 is 10.0 Å². The van der Waals surface area contributed by atoms with E-state index in [-0.39, 0.29) is 4.90 Å². The Bertz CT molecular complexity index is 770. The quantitative estimate of drug-likeness (QED) is 0.877. The summed E-state index contributed by atoms with van der Waals surface area (Å²) < 4.78 is 31.3. The number of rotatable bonds is 5. The Labute approximate surface area is 133 Å². The van der Waals surface area contributed by atoms with Crippen LogP contribution < -0.4 is 10.0 Å². The van der Waals surface area contributed by atoms with Crippen LogP contribution in [0, 0.1) is 0 Å². The van der Waals surface area contributed by atoms with Gasteiger partial charge in [0.15, 0.2) is 0 Å². The van der Waals surface area contributed by atoms with Crippen molar-refractivity contribution in [1.29, 1.82) is 0 Å². The second kappa shape index (κ2) is 6.45. The molecular formula is C14H16N4O2S2. The minimum Gasteiger partial charge on any atom is -0.381 e. The first kappa shape index (κ1) is 15.0. The van der Waals surface area contributed by atoms with E-state index in [1.54, 1.807) is 24.4 Å². The second-order valence-electron chi connectivity index (χ2n) is 4.95. The summed E-state index contributed by atoms with van der Waals surface area (Å²) in [4.78, 5) is 4.38. The van der Waals surface area contributed by atoms with E-state index in [2.05, 4.69) is 19.4 Å². The molecule has 0 atom stereocenters. The Morgan fingerprint density at radius 2 is 2.23 bits per heavy atom. The van der Waals surface area contributed by atoms with Gasteiger partial charge < -0.3 is 5.32 Å². The van der Waals surface area contributed by atoms with Gasteiger partial charge in [-0.3, -0.25) is 9.71 Å². The van der Waals surface area contributed by atoms with E-state index in [0.717, 1.165) is 17.7 Å². The van der Waals surface area contributed by atoms with Crippen molar-refractivity contribution in [2.75, 3.05) is 11.9 Å². The molecule has 0 spiro atoms. The summed E-state index contributed by atoms with van der Waals surface area (Å²) in [6.45, 7) is 1.30. The van der Waals surface area contributed by atoms with Crippen LogP contribution >= 0.6 is 11.5 Å². The summed E-state index contributed by atoms with van der Waals surface area (Å²) in [5.74, 6) is 0.544. The van der Waals surface area contributed by atoms with Gasteiger partial charge in [0.05, 0.1) is 4.90 Å². The zero-order valence-corrected chi connectivity index (χ0v) is 13.5. The summed E-state index contributed by atoms with van der Waals surface area (Å²) in [5.41, 5.74) is 1.82. The van der Waals surface area contributed by atoms with Gasteiger partial charge in [0.25, 0.3) is 10.0 Å². The van der Waals surface area contributed by atoms with Crippen LogP contribution in [0.5, 0.6) is 0 Å². The van der Waals surface area contributed by atoms with Crippen LogP contribution in [0.25, 0.3) is 0 Å². The van der Waals surface area contributed by atoms with Gasteiger partial charge in [-0.1, -0.05) is 6.07 Å². The van der Waals surface area contributed by atoms with E-state index in [1.165, 1.54) is 11.5 Å². The van der Waals surface area contributed by atoms with Crippen molar-refractivity contribution in [2.45, 2.75) is 24.3 Å². The number of sulfonamides is 1. The van der Waals surface area contributed by atoms with Gasteiger partial charge >= 0.3 is 0 Å². The molecule has 1 aromatic heterocycles. The molecule has 0 radical (unpaired) electrons. The minimum absolute atomic E-state index is 0.232. The van der Waals surface area contributed by atoms with Crippen LogP contribution in [0.4, 0.5) is 5.69 Å². The van der Waals surface area contributed by atoms with Crippen LogP contribution in [0.3, 0.4) is 0 Å². The van der Waals surface area contributed by atoms with Gasteiger partial charge in [-0.15, -0.1) is 0 Å². The Kier molecular flexibility index (Phi) is 4.39. The largest absolute Gasteiger partial charge is 0.381 e. The topological polar surface area (TPSA) is 83.5 Å². The molecule has 1 aliphatic rings. The number of benzene rings is 1. The maximum Gasteiger partial charge on any atom is 0.262 e. The fourth-order valence-electron chi connectivity index (χ4n) is 2.13. The van der Waals surface area contributed by atoms with Crippen LogP contribution in [-0.4, -0.2) is 25.2 Å². The number of aromatic nitrogens is 1. The first-order chi connectivity index (χ1) is 10.6. The molecule has 2 aromatic rings. The molecule has 8 heteroatoms. The number of amidine groups is 1. The lowest BCUT2D eigenvalue weighted by molar-refractivity contribution is 0.592. The normalized spacial score (nSPS) is 14.6. The van der Waals surface area contributed by atoms with Crippen molar-refractivity contribution in [3.05, 3.63) is 41.4 Å². The van der Waals surface area contributed by atoms with Gasteiger partial charge in [0.1, 0.15) is 5.84 Å². The Hall–Kier alpha value is -1.93. The van der Waals surface area contributed by atoms with Crippen molar-refractivity contribution in [2.24, 2.45) is 4.99 Å². The highest BCUT2D eigenvalue weighted by Crippen LogP contribution is 2.17. The lowest BCUT2D eigenvalue weighted by Gasteiger charge is -2.10. The molecule has 6 nitrogen and oxygen atoms in total. The molecule has 0 saturated carbocycles. The molecule has 2 N–H and O–H groups in total. The molecule has 1 aromatic carbocycles. The molecule has 0 aliphatic carbocycles. The number of hydrogen-bond donors (Lipinski definition) is 2. The molecule has 0 amide bonds. The minimum atomic E-state index is -3.57. The first-order valence-electron chi connectivity index (χ1n) is 6.92. The van der Waals surface area contributed by atoms with Crippen molar-refractivity contribution in [1.82, 2.24) is 9.10 Å². The van der Waals surface area contributed by atoms with Gasteiger partial charge in [-0.05, 0) is 36.2 Å². The van der Waals surface area contributed by atoms with Crippen LogP contribution in [0.15, 0.2) is 45.7 Å². The summed E-state index contributed by atoms with van der Waals surface area (Å²) >= 11 is 1.39. The number of nitrogens with one attached hydrogen (secondary N) is 2. The highest BCUT2D eigenvalue weighted by atomic mass is 32.2. The van der Waals surface area contributed by atoms with E-state index >= 15 is 0 Å². The van der Waals surface area contributed by atoms with Crippen LogP contribution in [0.1, 0.15) is 18.4 Å². The predicted octanol–water partition coefficient (Wildman–Crippen LogP) is 2.23. The summed E-state index contributed by atoms with van der Waals surface area (Å²) in [5, 5.41) is 5.15. The van der Waals surface area contributed by atoms with Crippen LogP contribution in [0.2, 0.25) is 0 Å². The van der Waals surface area contributed by atoms with E-state index in [4.69, 9.17) is 0 Å². The first-order valence-corrected chi connectivity index (χ1v) is 9.24. The van der Waals surface area contributed by atoms with Crippen LogP contribution in [-0.2, 0) is 16.6 Å². The second-order valence-corrected chi connectivity index (χ2v) is 7.29. The van der Waals surface area contributed by atoms with E-state index in [9.17, 15) is 8.42 Å². The third-order valence-electron chi connectivity index (χ3n) is 3.25. The number of anilines is 1. The van der Waals surface area contributed by atoms with Crippen molar-refractivity contribution in [3.8, 4) is 0 Å². The summed E-state index contributed by atoms with van der Waals surface area (Å²) in [7, 11) is -3.57. The third-order valence-corrected chi connectivity index (χ3v) is 5.27. The summed E-state index contributed by atoms with van der Waals surface area (Å²) in [6, 6.07) is 6.76. The zero-order chi connectivity index (χ0) is 15.4. The van der Waals surface area contributed by atoms with E-state index in [0.29, 0.717) is 25.3 Å². The lowest BCUT2D eigenvalue weighted by atomic mass is 10.3. The molecule has 0 bridgehead atoms. The van der Waals surface area contributed by atoms with Crippen molar-refractivity contribution < 1.29 is 8.42 Å². The Morgan fingerprint density at radius 1 is 1.32 bits per heavy atom. The molecule has 0 unspecified atom stereocenters. The fraction of sp³-hybridized carbons (Fsp3) is 0.286. The number of aliphatic imine (C=N–C) groups is 1.